The standard InChI is InChI=1S/C13H26Si/c1-5-6-8-12-9-7-10-13(11-12)14(2,3)4/h5-6,12-13H,7-11H2,1-4H3. The summed E-state index contributed by atoms with van der Waals surface area (Å²) < 4.78 is 0. The number of allylic oxidation sites excluding steroid dienone is 2. The van der Waals surface area contributed by atoms with Crippen LogP contribution < -0.4 is 0 Å². The molecule has 2 unspecified atom stereocenters. The lowest BCUT2D eigenvalue weighted by Crippen LogP contribution is -2.31. The van der Waals surface area contributed by atoms with Gasteiger partial charge in [-0.2, -0.15) is 0 Å². The van der Waals surface area contributed by atoms with Crippen molar-refractivity contribution in [2.75, 3.05) is 0 Å². The van der Waals surface area contributed by atoms with Crippen molar-refractivity contribution < 1.29 is 0 Å². The molecule has 14 heavy (non-hydrogen) atoms. The second-order valence-corrected chi connectivity index (χ2v) is 11.4. The third-order valence-corrected chi connectivity index (χ3v) is 6.69. The van der Waals surface area contributed by atoms with Gasteiger partial charge in [0.05, 0.1) is 0 Å². The van der Waals surface area contributed by atoms with Gasteiger partial charge >= 0.3 is 0 Å². The maximum Gasteiger partial charge on any atom is 0.0473 e. The molecule has 0 amide bonds. The summed E-state index contributed by atoms with van der Waals surface area (Å²) in [6, 6.07) is 0. The van der Waals surface area contributed by atoms with E-state index in [1.165, 1.54) is 32.1 Å². The summed E-state index contributed by atoms with van der Waals surface area (Å²) in [6.07, 6.45) is 11.9. The van der Waals surface area contributed by atoms with Gasteiger partial charge in [-0.25, -0.2) is 0 Å². The van der Waals surface area contributed by atoms with Crippen LogP contribution in [-0.4, -0.2) is 8.07 Å². The fraction of sp³-hybridized carbons (Fsp3) is 0.846. The number of hydrogen-bond acceptors (Lipinski definition) is 0. The second-order valence-electron chi connectivity index (χ2n) is 5.90. The van der Waals surface area contributed by atoms with Gasteiger partial charge in [0.25, 0.3) is 0 Å². The molecule has 1 fully saturated rings. The minimum Gasteiger partial charge on any atom is -0.0917 e. The van der Waals surface area contributed by atoms with Crippen molar-refractivity contribution in [2.24, 2.45) is 5.92 Å². The predicted molar refractivity (Wildman–Crippen MR) is 68.5 cm³/mol. The molecule has 2 atom stereocenters. The molecule has 0 aromatic heterocycles. The molecule has 0 heterocycles. The highest BCUT2D eigenvalue weighted by atomic mass is 28.3. The van der Waals surface area contributed by atoms with Crippen molar-refractivity contribution in [3.63, 3.8) is 0 Å². The van der Waals surface area contributed by atoms with E-state index < -0.39 is 8.07 Å². The maximum atomic E-state index is 2.54. The second kappa shape index (κ2) is 5.15. The van der Waals surface area contributed by atoms with Crippen LogP contribution in [0.5, 0.6) is 0 Å². The number of rotatable bonds is 3. The summed E-state index contributed by atoms with van der Waals surface area (Å²) in [7, 11) is -0.861. The van der Waals surface area contributed by atoms with Crippen LogP contribution in [0.25, 0.3) is 0 Å². The first-order valence-corrected chi connectivity index (χ1v) is 9.73. The van der Waals surface area contributed by atoms with Crippen molar-refractivity contribution in [2.45, 2.75) is 64.2 Å². The molecule has 1 heteroatoms. The van der Waals surface area contributed by atoms with Crippen LogP contribution in [0.1, 0.15) is 39.0 Å². The number of hydrogen-bond donors (Lipinski definition) is 0. The Morgan fingerprint density at radius 3 is 2.50 bits per heavy atom. The average molecular weight is 210 g/mol. The Hall–Kier alpha value is -0.0431. The lowest BCUT2D eigenvalue weighted by Gasteiger charge is -2.36. The predicted octanol–water partition coefficient (Wildman–Crippen LogP) is 4.85. The topological polar surface area (TPSA) is 0 Å². The van der Waals surface area contributed by atoms with Crippen molar-refractivity contribution in [1.82, 2.24) is 0 Å². The Morgan fingerprint density at radius 1 is 1.21 bits per heavy atom. The van der Waals surface area contributed by atoms with Crippen LogP contribution >= 0.6 is 0 Å². The van der Waals surface area contributed by atoms with Gasteiger partial charge in [0.1, 0.15) is 0 Å². The first kappa shape index (κ1) is 12.0. The third-order valence-electron chi connectivity index (χ3n) is 3.71. The summed E-state index contributed by atoms with van der Waals surface area (Å²) in [6.45, 7) is 9.75. The van der Waals surface area contributed by atoms with E-state index >= 15 is 0 Å². The molecule has 1 rings (SSSR count). The third kappa shape index (κ3) is 3.60. The highest BCUT2D eigenvalue weighted by Crippen LogP contribution is 2.40. The highest BCUT2D eigenvalue weighted by Gasteiger charge is 2.31. The molecule has 0 saturated heterocycles. The van der Waals surface area contributed by atoms with E-state index in [-0.39, 0.29) is 0 Å². The molecule has 0 aromatic rings. The fourth-order valence-electron chi connectivity index (χ4n) is 2.62. The maximum absolute atomic E-state index is 2.54. The lowest BCUT2D eigenvalue weighted by atomic mass is 9.86. The van der Waals surface area contributed by atoms with Crippen LogP contribution in [0, 0.1) is 5.92 Å². The van der Waals surface area contributed by atoms with E-state index in [2.05, 4.69) is 38.7 Å². The quantitative estimate of drug-likeness (QED) is 0.461. The molecule has 1 aliphatic rings. The Balaban J connectivity index is 2.43. The fourth-order valence-corrected chi connectivity index (χ4v) is 4.73. The van der Waals surface area contributed by atoms with Gasteiger partial charge in [0.15, 0.2) is 0 Å². The van der Waals surface area contributed by atoms with Gasteiger partial charge in [0, 0.05) is 8.07 Å². The van der Waals surface area contributed by atoms with E-state index in [1.54, 1.807) is 0 Å². The van der Waals surface area contributed by atoms with Crippen molar-refractivity contribution in [3.05, 3.63) is 12.2 Å². The molecule has 0 aromatic carbocycles. The van der Waals surface area contributed by atoms with Crippen molar-refractivity contribution in [1.29, 1.82) is 0 Å². The van der Waals surface area contributed by atoms with Crippen molar-refractivity contribution in [3.8, 4) is 0 Å². The zero-order chi connectivity index (χ0) is 10.6. The molecule has 0 spiro atoms. The smallest absolute Gasteiger partial charge is 0.0473 e. The van der Waals surface area contributed by atoms with E-state index in [4.69, 9.17) is 0 Å². The van der Waals surface area contributed by atoms with Gasteiger partial charge in [0.2, 0.25) is 0 Å². The summed E-state index contributed by atoms with van der Waals surface area (Å²) >= 11 is 0. The molecular formula is C13H26Si. The molecule has 0 nitrogen and oxygen atoms in total. The monoisotopic (exact) mass is 210 g/mol. The largest absolute Gasteiger partial charge is 0.0917 e. The summed E-state index contributed by atoms with van der Waals surface area (Å²) in [4.78, 5) is 0. The Kier molecular flexibility index (Phi) is 4.43. The minimum absolute atomic E-state index is 0.861. The van der Waals surface area contributed by atoms with E-state index in [9.17, 15) is 0 Å². The summed E-state index contributed by atoms with van der Waals surface area (Å²) in [5.41, 5.74) is 1.09. The van der Waals surface area contributed by atoms with Gasteiger partial charge in [-0.15, -0.1) is 0 Å². The highest BCUT2D eigenvalue weighted by molar-refractivity contribution is 6.77. The Labute approximate surface area is 90.8 Å². The van der Waals surface area contributed by atoms with Gasteiger partial charge in [-0.1, -0.05) is 51.1 Å². The van der Waals surface area contributed by atoms with Crippen LogP contribution in [0.2, 0.25) is 25.2 Å². The van der Waals surface area contributed by atoms with Gasteiger partial charge < -0.3 is 0 Å². The average Bonchev–Trinajstić information content (AvgIpc) is 2.14. The Bertz CT molecular complexity index is 188. The molecule has 0 radical (unpaired) electrons. The normalized spacial score (nSPS) is 29.7. The molecule has 1 saturated carbocycles. The Morgan fingerprint density at radius 2 is 1.93 bits per heavy atom. The van der Waals surface area contributed by atoms with Crippen molar-refractivity contribution >= 4 is 8.07 Å². The summed E-state index contributed by atoms with van der Waals surface area (Å²) in [5.74, 6) is 0.997. The first-order chi connectivity index (χ1) is 6.54. The van der Waals surface area contributed by atoms with E-state index in [0.29, 0.717) is 0 Å². The van der Waals surface area contributed by atoms with Crippen LogP contribution in [0.3, 0.4) is 0 Å². The van der Waals surface area contributed by atoms with Gasteiger partial charge in [-0.05, 0) is 31.2 Å². The summed E-state index contributed by atoms with van der Waals surface area (Å²) in [5, 5.41) is 0. The molecule has 0 N–H and O–H groups in total. The van der Waals surface area contributed by atoms with Crippen LogP contribution in [-0.2, 0) is 0 Å². The van der Waals surface area contributed by atoms with Crippen LogP contribution in [0.15, 0.2) is 12.2 Å². The zero-order valence-electron chi connectivity index (χ0n) is 10.3. The first-order valence-electron chi connectivity index (χ1n) is 6.15. The minimum atomic E-state index is -0.861. The van der Waals surface area contributed by atoms with E-state index in [1.807, 2.05) is 0 Å². The van der Waals surface area contributed by atoms with Gasteiger partial charge in [-0.3, -0.25) is 0 Å². The molecule has 82 valence electrons. The SMILES string of the molecule is CC=CCC1CCCC([Si](C)(C)C)C1. The van der Waals surface area contributed by atoms with E-state index in [0.717, 1.165) is 11.5 Å². The molecule has 0 aliphatic heterocycles. The molecule has 1 aliphatic carbocycles. The lowest BCUT2D eigenvalue weighted by molar-refractivity contribution is 0.355. The zero-order valence-corrected chi connectivity index (χ0v) is 11.3. The molecular weight excluding hydrogens is 184 g/mol. The molecule has 0 bridgehead atoms. The van der Waals surface area contributed by atoms with Crippen LogP contribution in [0.4, 0.5) is 0 Å².